The monoisotopic (exact) mass is 147 g/mol. The Morgan fingerprint density at radius 1 is 1.70 bits per heavy atom. The van der Waals surface area contributed by atoms with Crippen molar-refractivity contribution in [2.24, 2.45) is 0 Å². The van der Waals surface area contributed by atoms with E-state index < -0.39 is 0 Å². The SMILES string of the molecule is CCCC(=O)NC.O=CO. The van der Waals surface area contributed by atoms with Crippen LogP contribution in [-0.2, 0) is 9.59 Å². The van der Waals surface area contributed by atoms with Gasteiger partial charge in [-0.25, -0.2) is 0 Å². The number of carboxylic acid groups (broad SMARTS) is 1. The van der Waals surface area contributed by atoms with E-state index in [2.05, 4.69) is 5.32 Å². The molecule has 0 spiro atoms. The number of carbonyl (C=O) groups excluding carboxylic acids is 1. The summed E-state index contributed by atoms with van der Waals surface area (Å²) in [6.45, 7) is 1.73. The molecule has 0 saturated heterocycles. The quantitative estimate of drug-likeness (QED) is 0.549. The highest BCUT2D eigenvalue weighted by molar-refractivity contribution is 5.75. The maximum absolute atomic E-state index is 10.3. The minimum absolute atomic E-state index is 0.127. The molecule has 2 N–H and O–H groups in total. The van der Waals surface area contributed by atoms with E-state index in [1.807, 2.05) is 6.92 Å². The lowest BCUT2D eigenvalue weighted by molar-refractivity contribution is -0.123. The fourth-order valence-corrected chi connectivity index (χ4v) is 0.352. The summed E-state index contributed by atoms with van der Waals surface area (Å²) in [7, 11) is 1.65. The van der Waals surface area contributed by atoms with E-state index in [0.717, 1.165) is 6.42 Å². The van der Waals surface area contributed by atoms with Gasteiger partial charge in [-0.15, -0.1) is 0 Å². The minimum Gasteiger partial charge on any atom is -0.483 e. The topological polar surface area (TPSA) is 66.4 Å². The molecule has 0 radical (unpaired) electrons. The van der Waals surface area contributed by atoms with Crippen molar-refractivity contribution in [3.63, 3.8) is 0 Å². The summed E-state index contributed by atoms with van der Waals surface area (Å²) >= 11 is 0. The van der Waals surface area contributed by atoms with Gasteiger partial charge in [0.2, 0.25) is 5.91 Å². The van der Waals surface area contributed by atoms with E-state index in [1.54, 1.807) is 7.05 Å². The molecule has 0 aliphatic carbocycles. The van der Waals surface area contributed by atoms with Crippen LogP contribution in [0.4, 0.5) is 0 Å². The molecule has 4 nitrogen and oxygen atoms in total. The Balaban J connectivity index is 0. The molecule has 0 unspecified atom stereocenters. The van der Waals surface area contributed by atoms with Gasteiger partial charge in [-0.05, 0) is 6.42 Å². The van der Waals surface area contributed by atoms with Crippen LogP contribution in [0, 0.1) is 0 Å². The van der Waals surface area contributed by atoms with Crippen molar-refractivity contribution in [3.05, 3.63) is 0 Å². The van der Waals surface area contributed by atoms with E-state index in [4.69, 9.17) is 9.90 Å². The first-order valence-electron chi connectivity index (χ1n) is 3.01. The lowest BCUT2D eigenvalue weighted by Crippen LogP contribution is -2.16. The summed E-state index contributed by atoms with van der Waals surface area (Å²) in [6.07, 6.45) is 1.58. The molecule has 0 bridgehead atoms. The van der Waals surface area contributed by atoms with Gasteiger partial charge in [0.05, 0.1) is 0 Å². The predicted octanol–water partition coefficient (Wildman–Crippen LogP) is 0.233. The third-order valence-electron chi connectivity index (χ3n) is 0.756. The molecule has 60 valence electrons. The fraction of sp³-hybridized carbons (Fsp3) is 0.667. The Hall–Kier alpha value is -1.06. The van der Waals surface area contributed by atoms with Gasteiger partial charge < -0.3 is 10.4 Å². The Bertz CT molecular complexity index is 93.0. The Morgan fingerprint density at radius 2 is 2.10 bits per heavy atom. The molecule has 4 heteroatoms. The fourth-order valence-electron chi connectivity index (χ4n) is 0.352. The second-order valence-electron chi connectivity index (χ2n) is 1.53. The molecule has 0 aromatic heterocycles. The Labute approximate surface area is 60.2 Å². The standard InChI is InChI=1S/C5H11NO.CH2O2/c1-3-4-5(7)6-2;2-1-3/h3-4H2,1-2H3,(H,6,7);1H,(H,2,3). The van der Waals surface area contributed by atoms with E-state index in [-0.39, 0.29) is 12.4 Å². The van der Waals surface area contributed by atoms with Gasteiger partial charge >= 0.3 is 0 Å². The normalized spacial score (nSPS) is 7.00. The van der Waals surface area contributed by atoms with Crippen molar-refractivity contribution >= 4 is 12.4 Å². The third kappa shape index (κ3) is 15.8. The van der Waals surface area contributed by atoms with Crippen LogP contribution in [-0.4, -0.2) is 24.5 Å². The average Bonchev–Trinajstić information content (AvgIpc) is 1.90. The summed E-state index contributed by atoms with van der Waals surface area (Å²) in [4.78, 5) is 18.7. The number of rotatable bonds is 2. The van der Waals surface area contributed by atoms with E-state index in [1.165, 1.54) is 0 Å². The highest BCUT2D eigenvalue weighted by Crippen LogP contribution is 1.82. The van der Waals surface area contributed by atoms with Crippen molar-refractivity contribution in [3.8, 4) is 0 Å². The van der Waals surface area contributed by atoms with Crippen LogP contribution in [0.15, 0.2) is 0 Å². The van der Waals surface area contributed by atoms with E-state index in [0.29, 0.717) is 6.42 Å². The summed E-state index contributed by atoms with van der Waals surface area (Å²) in [6, 6.07) is 0. The zero-order valence-electron chi connectivity index (χ0n) is 6.26. The van der Waals surface area contributed by atoms with Gasteiger partial charge in [-0.3, -0.25) is 9.59 Å². The molecule has 1 amide bonds. The molecule has 0 aliphatic heterocycles. The third-order valence-corrected chi connectivity index (χ3v) is 0.756. The van der Waals surface area contributed by atoms with Crippen molar-refractivity contribution in [2.75, 3.05) is 7.05 Å². The molecule has 0 saturated carbocycles. The molecule has 0 rings (SSSR count). The summed E-state index contributed by atoms with van der Waals surface area (Å²) in [5.41, 5.74) is 0. The van der Waals surface area contributed by atoms with Crippen molar-refractivity contribution in [2.45, 2.75) is 19.8 Å². The molecular weight excluding hydrogens is 134 g/mol. The second kappa shape index (κ2) is 10.8. The summed E-state index contributed by atoms with van der Waals surface area (Å²) in [5.74, 6) is 0.127. The zero-order valence-corrected chi connectivity index (χ0v) is 6.26. The largest absolute Gasteiger partial charge is 0.483 e. The highest BCUT2D eigenvalue weighted by Gasteiger charge is 1.89. The molecule has 0 atom stereocenters. The summed E-state index contributed by atoms with van der Waals surface area (Å²) in [5, 5.41) is 9.42. The average molecular weight is 147 g/mol. The van der Waals surface area contributed by atoms with Gasteiger partial charge in [0.15, 0.2) is 0 Å². The second-order valence-corrected chi connectivity index (χ2v) is 1.53. The number of amides is 1. The lowest BCUT2D eigenvalue weighted by Gasteiger charge is -1.91. The number of carbonyl (C=O) groups is 2. The number of hydrogen-bond acceptors (Lipinski definition) is 2. The lowest BCUT2D eigenvalue weighted by atomic mass is 10.3. The van der Waals surface area contributed by atoms with Gasteiger partial charge in [-0.2, -0.15) is 0 Å². The Kier molecular flexibility index (Phi) is 12.7. The number of nitrogens with one attached hydrogen (secondary N) is 1. The molecule has 10 heavy (non-hydrogen) atoms. The van der Waals surface area contributed by atoms with Crippen molar-refractivity contribution in [1.29, 1.82) is 0 Å². The van der Waals surface area contributed by atoms with E-state index >= 15 is 0 Å². The van der Waals surface area contributed by atoms with Gasteiger partial charge in [-0.1, -0.05) is 6.92 Å². The van der Waals surface area contributed by atoms with Crippen LogP contribution in [0.1, 0.15) is 19.8 Å². The van der Waals surface area contributed by atoms with Crippen LogP contribution in [0.5, 0.6) is 0 Å². The summed E-state index contributed by atoms with van der Waals surface area (Å²) < 4.78 is 0. The van der Waals surface area contributed by atoms with Crippen LogP contribution in [0.2, 0.25) is 0 Å². The van der Waals surface area contributed by atoms with E-state index in [9.17, 15) is 4.79 Å². The predicted molar refractivity (Wildman–Crippen MR) is 37.7 cm³/mol. The molecule has 0 fully saturated rings. The first-order chi connectivity index (χ1) is 4.72. The molecular formula is C6H13NO3. The molecule has 0 aromatic rings. The van der Waals surface area contributed by atoms with Crippen molar-refractivity contribution < 1.29 is 14.7 Å². The maximum Gasteiger partial charge on any atom is 0.290 e. The smallest absolute Gasteiger partial charge is 0.290 e. The Morgan fingerprint density at radius 3 is 2.20 bits per heavy atom. The molecule has 0 aromatic carbocycles. The van der Waals surface area contributed by atoms with Gasteiger partial charge in [0.25, 0.3) is 6.47 Å². The van der Waals surface area contributed by atoms with Crippen molar-refractivity contribution in [1.82, 2.24) is 5.32 Å². The minimum atomic E-state index is -0.250. The van der Waals surface area contributed by atoms with Crippen LogP contribution >= 0.6 is 0 Å². The first kappa shape index (κ1) is 11.7. The highest BCUT2D eigenvalue weighted by atomic mass is 16.3. The van der Waals surface area contributed by atoms with Crippen LogP contribution < -0.4 is 5.32 Å². The molecule has 0 heterocycles. The molecule has 0 aliphatic rings. The first-order valence-corrected chi connectivity index (χ1v) is 3.01. The van der Waals surface area contributed by atoms with Crippen LogP contribution in [0.25, 0.3) is 0 Å². The van der Waals surface area contributed by atoms with Gasteiger partial charge in [0, 0.05) is 13.5 Å². The zero-order chi connectivity index (χ0) is 8.41. The van der Waals surface area contributed by atoms with Gasteiger partial charge in [0.1, 0.15) is 0 Å². The number of hydrogen-bond donors (Lipinski definition) is 2. The van der Waals surface area contributed by atoms with Crippen LogP contribution in [0.3, 0.4) is 0 Å². The maximum atomic E-state index is 10.3.